The Morgan fingerprint density at radius 2 is 1.89 bits per heavy atom. The monoisotopic (exact) mass is 261 g/mol. The lowest BCUT2D eigenvalue weighted by Gasteiger charge is -2.30. The number of aliphatic hydroxyl groups is 1. The van der Waals surface area contributed by atoms with Crippen molar-refractivity contribution >= 4 is 11.6 Å². The summed E-state index contributed by atoms with van der Waals surface area (Å²) in [5, 5.41) is 9.14. The summed E-state index contributed by atoms with van der Waals surface area (Å²) in [7, 11) is 1.86. The molecule has 0 spiro atoms. The van der Waals surface area contributed by atoms with Crippen molar-refractivity contribution in [2.24, 2.45) is 11.8 Å². The summed E-state index contributed by atoms with van der Waals surface area (Å²) in [5.74, 6) is 0.728. The number of aliphatic hydroxyl groups excluding tert-OH is 1. The molecule has 1 amide bonds. The highest BCUT2D eigenvalue weighted by atomic mass is 16.3. The summed E-state index contributed by atoms with van der Waals surface area (Å²) in [6, 6.07) is 7.98. The van der Waals surface area contributed by atoms with E-state index >= 15 is 0 Å². The van der Waals surface area contributed by atoms with E-state index < -0.39 is 0 Å². The molecule has 1 aliphatic carbocycles. The molecule has 104 valence electrons. The van der Waals surface area contributed by atoms with E-state index in [1.807, 2.05) is 38.2 Å². The van der Waals surface area contributed by atoms with Crippen molar-refractivity contribution in [1.82, 2.24) is 0 Å². The quantitative estimate of drug-likeness (QED) is 0.909. The van der Waals surface area contributed by atoms with Crippen LogP contribution in [0, 0.1) is 18.8 Å². The molecule has 1 aliphatic rings. The van der Waals surface area contributed by atoms with E-state index in [2.05, 4.69) is 0 Å². The molecule has 0 aliphatic heterocycles. The molecule has 0 unspecified atom stereocenters. The van der Waals surface area contributed by atoms with Gasteiger partial charge in [0.2, 0.25) is 5.91 Å². The van der Waals surface area contributed by atoms with Gasteiger partial charge in [-0.05, 0) is 50.2 Å². The Morgan fingerprint density at radius 1 is 1.26 bits per heavy atom. The summed E-state index contributed by atoms with van der Waals surface area (Å²) >= 11 is 0. The molecule has 0 heterocycles. The van der Waals surface area contributed by atoms with Crippen LogP contribution in [0.3, 0.4) is 0 Å². The first kappa shape index (κ1) is 14.1. The lowest BCUT2D eigenvalue weighted by atomic mass is 9.81. The average Bonchev–Trinajstić information content (AvgIpc) is 2.46. The van der Waals surface area contributed by atoms with E-state index in [0.717, 1.165) is 36.9 Å². The fourth-order valence-electron chi connectivity index (χ4n) is 2.92. The van der Waals surface area contributed by atoms with Gasteiger partial charge in [-0.25, -0.2) is 0 Å². The van der Waals surface area contributed by atoms with E-state index in [9.17, 15) is 4.79 Å². The minimum Gasteiger partial charge on any atom is -0.396 e. The van der Waals surface area contributed by atoms with Crippen LogP contribution in [0.25, 0.3) is 0 Å². The highest BCUT2D eigenvalue weighted by molar-refractivity contribution is 5.95. The topological polar surface area (TPSA) is 40.5 Å². The predicted molar refractivity (Wildman–Crippen MR) is 77.1 cm³/mol. The summed E-state index contributed by atoms with van der Waals surface area (Å²) in [4.78, 5) is 14.3. The normalized spacial score (nSPS) is 23.1. The van der Waals surface area contributed by atoms with Gasteiger partial charge < -0.3 is 10.0 Å². The van der Waals surface area contributed by atoms with Crippen LogP contribution in [0.1, 0.15) is 31.2 Å². The zero-order chi connectivity index (χ0) is 13.8. The molecule has 3 nitrogen and oxygen atoms in total. The number of hydrogen-bond donors (Lipinski definition) is 1. The first-order valence-electron chi connectivity index (χ1n) is 7.07. The minimum atomic E-state index is 0.118. The first-order valence-corrected chi connectivity index (χ1v) is 7.07. The number of hydrogen-bond acceptors (Lipinski definition) is 2. The second-order valence-electron chi connectivity index (χ2n) is 5.58. The zero-order valence-corrected chi connectivity index (χ0v) is 11.8. The molecule has 0 radical (unpaired) electrons. The predicted octanol–water partition coefficient (Wildman–Crippen LogP) is 2.76. The SMILES string of the molecule is Cc1ccccc1N(C)C(=O)C1CCC(CO)CC1. The largest absolute Gasteiger partial charge is 0.396 e. The fourth-order valence-corrected chi connectivity index (χ4v) is 2.92. The van der Waals surface area contributed by atoms with Crippen molar-refractivity contribution in [3.8, 4) is 0 Å². The van der Waals surface area contributed by atoms with Gasteiger partial charge in [0.05, 0.1) is 0 Å². The van der Waals surface area contributed by atoms with Crippen molar-refractivity contribution < 1.29 is 9.90 Å². The average molecular weight is 261 g/mol. The van der Waals surface area contributed by atoms with E-state index in [4.69, 9.17) is 5.11 Å². The van der Waals surface area contributed by atoms with E-state index in [0.29, 0.717) is 5.92 Å². The maximum Gasteiger partial charge on any atom is 0.229 e. The Kier molecular flexibility index (Phi) is 4.59. The highest BCUT2D eigenvalue weighted by Gasteiger charge is 2.28. The number of rotatable bonds is 3. The number of carbonyl (C=O) groups is 1. The molecule has 0 saturated heterocycles. The van der Waals surface area contributed by atoms with Crippen LogP contribution < -0.4 is 4.90 Å². The zero-order valence-electron chi connectivity index (χ0n) is 11.8. The number of nitrogens with zero attached hydrogens (tertiary/aromatic N) is 1. The molecule has 1 saturated carbocycles. The molecule has 1 N–H and O–H groups in total. The second-order valence-corrected chi connectivity index (χ2v) is 5.58. The highest BCUT2D eigenvalue weighted by Crippen LogP contribution is 2.31. The molecule has 1 fully saturated rings. The lowest BCUT2D eigenvalue weighted by molar-refractivity contribution is -0.123. The molecule has 1 aromatic rings. The molecule has 0 atom stereocenters. The Morgan fingerprint density at radius 3 is 2.47 bits per heavy atom. The molecule has 19 heavy (non-hydrogen) atoms. The van der Waals surface area contributed by atoms with Crippen molar-refractivity contribution in [3.63, 3.8) is 0 Å². The molecule has 0 bridgehead atoms. The van der Waals surface area contributed by atoms with Crippen molar-refractivity contribution in [2.45, 2.75) is 32.6 Å². The van der Waals surface area contributed by atoms with Crippen LogP contribution in [0.5, 0.6) is 0 Å². The van der Waals surface area contributed by atoms with Crippen molar-refractivity contribution in [1.29, 1.82) is 0 Å². The van der Waals surface area contributed by atoms with Gasteiger partial charge in [-0.2, -0.15) is 0 Å². The van der Waals surface area contributed by atoms with E-state index in [1.54, 1.807) is 4.90 Å². The molecular weight excluding hydrogens is 238 g/mol. The van der Waals surface area contributed by atoms with Gasteiger partial charge in [0.25, 0.3) is 0 Å². The number of carbonyl (C=O) groups excluding carboxylic acids is 1. The van der Waals surface area contributed by atoms with Crippen LogP contribution >= 0.6 is 0 Å². The number of amides is 1. The third kappa shape index (κ3) is 3.16. The van der Waals surface area contributed by atoms with Crippen molar-refractivity contribution in [2.75, 3.05) is 18.6 Å². The third-order valence-corrected chi connectivity index (χ3v) is 4.26. The van der Waals surface area contributed by atoms with Crippen LogP contribution in [-0.4, -0.2) is 24.7 Å². The third-order valence-electron chi connectivity index (χ3n) is 4.26. The molecule has 1 aromatic carbocycles. The maximum atomic E-state index is 12.5. The van der Waals surface area contributed by atoms with Crippen LogP contribution in [0.4, 0.5) is 5.69 Å². The second kappa shape index (κ2) is 6.20. The van der Waals surface area contributed by atoms with E-state index in [-0.39, 0.29) is 18.4 Å². The lowest BCUT2D eigenvalue weighted by Crippen LogP contribution is -2.35. The van der Waals surface area contributed by atoms with E-state index in [1.165, 1.54) is 0 Å². The Hall–Kier alpha value is -1.35. The Bertz CT molecular complexity index is 436. The molecular formula is C16H23NO2. The molecule has 2 rings (SSSR count). The van der Waals surface area contributed by atoms with Crippen LogP contribution in [0.2, 0.25) is 0 Å². The Labute approximate surface area is 115 Å². The van der Waals surface area contributed by atoms with Gasteiger partial charge in [0, 0.05) is 25.3 Å². The maximum absolute atomic E-state index is 12.5. The number of anilines is 1. The first-order chi connectivity index (χ1) is 9.13. The number of para-hydroxylation sites is 1. The van der Waals surface area contributed by atoms with Gasteiger partial charge in [0.15, 0.2) is 0 Å². The number of aryl methyl sites for hydroxylation is 1. The smallest absolute Gasteiger partial charge is 0.229 e. The van der Waals surface area contributed by atoms with Gasteiger partial charge in [-0.1, -0.05) is 18.2 Å². The summed E-state index contributed by atoms with van der Waals surface area (Å²) in [6.07, 6.45) is 3.74. The standard InChI is InChI=1S/C16H23NO2/c1-12-5-3-4-6-15(12)17(2)16(19)14-9-7-13(11-18)8-10-14/h3-6,13-14,18H,7-11H2,1-2H3. The fraction of sp³-hybridized carbons (Fsp3) is 0.562. The molecule has 3 heteroatoms. The Balaban J connectivity index is 2.02. The molecule has 0 aromatic heterocycles. The van der Waals surface area contributed by atoms with Crippen molar-refractivity contribution in [3.05, 3.63) is 29.8 Å². The number of benzene rings is 1. The van der Waals surface area contributed by atoms with Gasteiger partial charge >= 0.3 is 0 Å². The summed E-state index contributed by atoms with van der Waals surface area (Å²) in [5.41, 5.74) is 2.12. The minimum absolute atomic E-state index is 0.118. The van der Waals surface area contributed by atoms with Gasteiger partial charge in [0.1, 0.15) is 0 Å². The summed E-state index contributed by atoms with van der Waals surface area (Å²) in [6.45, 7) is 2.29. The summed E-state index contributed by atoms with van der Waals surface area (Å²) < 4.78 is 0. The van der Waals surface area contributed by atoms with Gasteiger partial charge in [-0.3, -0.25) is 4.79 Å². The van der Waals surface area contributed by atoms with Crippen LogP contribution in [-0.2, 0) is 4.79 Å². The van der Waals surface area contributed by atoms with Gasteiger partial charge in [-0.15, -0.1) is 0 Å². The van der Waals surface area contributed by atoms with Crippen LogP contribution in [0.15, 0.2) is 24.3 Å².